The van der Waals surface area contributed by atoms with Crippen molar-refractivity contribution >= 4 is 0 Å². The summed E-state index contributed by atoms with van der Waals surface area (Å²) in [5, 5.41) is 0. The minimum Gasteiger partial charge on any atom is -0.380 e. The monoisotopic (exact) mass is 235 g/mol. The van der Waals surface area contributed by atoms with E-state index in [4.69, 9.17) is 13.0 Å². The highest BCUT2D eigenvalue weighted by atomic mass is 16.5. The van der Waals surface area contributed by atoms with E-state index in [-0.39, 0.29) is 41.0 Å². The summed E-state index contributed by atoms with van der Waals surface area (Å²) in [5.74, 6) is 0. The molecule has 0 spiro atoms. The first-order chi connectivity index (χ1) is 10.6. The maximum Gasteiger partial charge on any atom is 0.255 e. The molecule has 0 aliphatic heterocycles. The van der Waals surface area contributed by atoms with Crippen molar-refractivity contribution in [3.8, 4) is 5.69 Å². The van der Waals surface area contributed by atoms with Crippen LogP contribution in [0.25, 0.3) is 5.69 Å². The molecule has 0 aliphatic rings. The van der Waals surface area contributed by atoms with Crippen LogP contribution in [-0.4, -0.2) is 11.7 Å². The van der Waals surface area contributed by atoms with Gasteiger partial charge in [0.05, 0.1) is 14.8 Å². The van der Waals surface area contributed by atoms with Gasteiger partial charge in [0, 0.05) is 25.1 Å². The van der Waals surface area contributed by atoms with Gasteiger partial charge in [0.1, 0.15) is 0 Å². The minimum absolute atomic E-state index is 0.0250. The predicted molar refractivity (Wildman–Crippen MR) is 67.5 cm³/mol. The van der Waals surface area contributed by atoms with Crippen molar-refractivity contribution in [2.75, 3.05) is 7.11 Å². The molecule has 1 aromatic carbocycles. The van der Waals surface area contributed by atoms with E-state index in [0.717, 1.165) is 16.8 Å². The van der Waals surface area contributed by atoms with Crippen molar-refractivity contribution in [2.24, 2.45) is 0 Å². The van der Waals surface area contributed by atoms with Gasteiger partial charge in [-0.1, -0.05) is 17.6 Å². The highest BCUT2D eigenvalue weighted by Gasteiger charge is 2.01. The van der Waals surface area contributed by atoms with Crippen LogP contribution < -0.4 is 5.56 Å². The Hall–Kier alpha value is -1.87. The van der Waals surface area contributed by atoms with Gasteiger partial charge in [-0.2, -0.15) is 0 Å². The van der Waals surface area contributed by atoms with Gasteiger partial charge < -0.3 is 4.74 Å². The van der Waals surface area contributed by atoms with Crippen LogP contribution in [0.15, 0.2) is 47.3 Å². The molecule has 0 atom stereocenters. The summed E-state index contributed by atoms with van der Waals surface area (Å²) in [6, 6.07) is 1.15. The Kier molecular flexibility index (Phi) is 1.80. The lowest BCUT2D eigenvalue weighted by Gasteiger charge is -2.08. The SMILES string of the molecule is [2H]c1c([2H])c(-n2cc(C([2H])([2H])OC)ccc2=O)c([2H])c([2H])c1C. The molecule has 17 heavy (non-hydrogen) atoms. The molecule has 3 nitrogen and oxygen atoms in total. The lowest BCUT2D eigenvalue weighted by Crippen LogP contribution is -2.17. The Morgan fingerprint density at radius 3 is 2.71 bits per heavy atom. The second-order valence-electron chi connectivity index (χ2n) is 3.41. The number of ether oxygens (including phenoxy) is 1. The lowest BCUT2D eigenvalue weighted by molar-refractivity contribution is 0.184. The Balaban J connectivity index is 2.83. The smallest absolute Gasteiger partial charge is 0.255 e. The van der Waals surface area contributed by atoms with E-state index < -0.39 is 12.1 Å². The number of aromatic nitrogens is 1. The molecule has 1 heterocycles. The molecule has 2 aromatic rings. The molecule has 0 saturated heterocycles. The summed E-state index contributed by atoms with van der Waals surface area (Å²) in [6.07, 6.45) is 1.13. The number of nitrogens with zero attached hydrogens (tertiary/aromatic N) is 1. The molecule has 0 amide bonds. The van der Waals surface area contributed by atoms with Gasteiger partial charge in [0.15, 0.2) is 0 Å². The van der Waals surface area contributed by atoms with Gasteiger partial charge in [-0.25, -0.2) is 0 Å². The van der Waals surface area contributed by atoms with Crippen LogP contribution in [-0.2, 0) is 11.3 Å². The van der Waals surface area contributed by atoms with E-state index >= 15 is 0 Å². The first kappa shape index (κ1) is 6.17. The summed E-state index contributed by atoms with van der Waals surface area (Å²) >= 11 is 0. The van der Waals surface area contributed by atoms with Gasteiger partial charge in [0.25, 0.3) is 5.56 Å². The number of methoxy groups -OCH3 is 1. The van der Waals surface area contributed by atoms with Crippen molar-refractivity contribution in [3.63, 3.8) is 0 Å². The fourth-order valence-electron chi connectivity index (χ4n) is 1.33. The van der Waals surface area contributed by atoms with Gasteiger partial charge >= 0.3 is 0 Å². The van der Waals surface area contributed by atoms with Crippen LogP contribution in [0.2, 0.25) is 0 Å². The number of pyridine rings is 1. The van der Waals surface area contributed by atoms with Crippen LogP contribution in [0.1, 0.15) is 19.4 Å². The second kappa shape index (κ2) is 4.97. The predicted octanol–water partition coefficient (Wildman–Crippen LogP) is 2.29. The zero-order valence-corrected chi connectivity index (χ0v) is 9.50. The molecule has 0 aliphatic carbocycles. The third-order valence-electron chi connectivity index (χ3n) is 2.11. The fraction of sp³-hybridized carbons (Fsp3) is 0.214. The minimum atomic E-state index is -2.15. The number of rotatable bonds is 3. The molecule has 0 N–H and O–H groups in total. The molecule has 88 valence electrons. The number of hydrogen-bond acceptors (Lipinski definition) is 2. The van der Waals surface area contributed by atoms with Crippen molar-refractivity contribution in [1.82, 2.24) is 4.57 Å². The van der Waals surface area contributed by atoms with Crippen molar-refractivity contribution in [1.29, 1.82) is 0 Å². The Morgan fingerprint density at radius 1 is 1.35 bits per heavy atom. The maximum absolute atomic E-state index is 12.1. The molecule has 0 radical (unpaired) electrons. The molecule has 1 aromatic heterocycles. The third kappa shape index (κ3) is 2.63. The molecular weight excluding hydrogens is 214 g/mol. The molecule has 3 heteroatoms. The van der Waals surface area contributed by atoms with Crippen LogP contribution in [0.3, 0.4) is 0 Å². The zero-order chi connectivity index (χ0) is 17.5. The van der Waals surface area contributed by atoms with Gasteiger partial charge in [0.2, 0.25) is 0 Å². The summed E-state index contributed by atoms with van der Waals surface area (Å²) in [4.78, 5) is 12.1. The van der Waals surface area contributed by atoms with Crippen molar-refractivity contribution < 1.29 is 13.0 Å². The van der Waals surface area contributed by atoms with Crippen LogP contribution in [0.5, 0.6) is 0 Å². The highest BCUT2D eigenvalue weighted by Crippen LogP contribution is 2.08. The van der Waals surface area contributed by atoms with Gasteiger partial charge in [-0.15, -0.1) is 0 Å². The molecule has 0 saturated carbocycles. The Labute approximate surface area is 109 Å². The molecule has 0 unspecified atom stereocenters. The summed E-state index contributed by atoms with van der Waals surface area (Å²) < 4.78 is 52.8. The summed E-state index contributed by atoms with van der Waals surface area (Å²) in [6.45, 7) is -0.689. The average Bonchev–Trinajstić information content (AvgIpc) is 2.52. The quantitative estimate of drug-likeness (QED) is 0.817. The summed E-state index contributed by atoms with van der Waals surface area (Å²) in [7, 11) is 1.18. The van der Waals surface area contributed by atoms with E-state index in [0.29, 0.717) is 0 Å². The van der Waals surface area contributed by atoms with Gasteiger partial charge in [-0.3, -0.25) is 9.36 Å². The fourth-order valence-corrected chi connectivity index (χ4v) is 1.33. The molecule has 0 bridgehead atoms. The lowest BCUT2D eigenvalue weighted by atomic mass is 10.2. The highest BCUT2D eigenvalue weighted by molar-refractivity contribution is 5.35. The molecule has 0 fully saturated rings. The maximum atomic E-state index is 12.1. The largest absolute Gasteiger partial charge is 0.380 e. The van der Waals surface area contributed by atoms with E-state index in [9.17, 15) is 4.79 Å². The Morgan fingerprint density at radius 2 is 2.06 bits per heavy atom. The molecule has 2 rings (SSSR count). The standard InChI is InChI=1S/C14H15NO2/c1-11-3-6-13(7-4-11)15-9-12(10-17-2)5-8-14(15)16/h3-9H,10H2,1-2H3/i3D,4D,6D,7D,10D2. The topological polar surface area (TPSA) is 31.2 Å². The van der Waals surface area contributed by atoms with E-state index in [1.54, 1.807) is 0 Å². The second-order valence-corrected chi connectivity index (χ2v) is 3.41. The van der Waals surface area contributed by atoms with Crippen molar-refractivity contribution in [2.45, 2.75) is 13.5 Å². The zero-order valence-electron chi connectivity index (χ0n) is 15.5. The van der Waals surface area contributed by atoms with Crippen LogP contribution in [0.4, 0.5) is 0 Å². The van der Waals surface area contributed by atoms with Crippen molar-refractivity contribution in [3.05, 3.63) is 64.0 Å². The average molecular weight is 235 g/mol. The molecular formula is C14H15NO2. The van der Waals surface area contributed by atoms with Gasteiger partial charge in [-0.05, 0) is 30.6 Å². The third-order valence-corrected chi connectivity index (χ3v) is 2.11. The Bertz CT molecular complexity index is 802. The van der Waals surface area contributed by atoms with E-state index in [2.05, 4.69) is 0 Å². The number of hydrogen-bond donors (Lipinski definition) is 0. The van der Waals surface area contributed by atoms with Crippen LogP contribution in [0, 0.1) is 6.92 Å². The normalized spacial score (nSPS) is 16.4. The first-order valence-electron chi connectivity index (χ1n) is 7.97. The van der Waals surface area contributed by atoms with Crippen LogP contribution >= 0.6 is 0 Å². The first-order valence-corrected chi connectivity index (χ1v) is 4.97. The number of benzene rings is 1. The van der Waals surface area contributed by atoms with E-state index in [1.807, 2.05) is 0 Å². The summed E-state index contributed by atoms with van der Waals surface area (Å²) in [5.41, 5.74) is -0.605. The van der Waals surface area contributed by atoms with E-state index in [1.165, 1.54) is 20.1 Å².